The van der Waals surface area contributed by atoms with Crippen LogP contribution < -0.4 is 4.74 Å². The smallest absolute Gasteiger partial charge is 0.150 e. The van der Waals surface area contributed by atoms with Crippen molar-refractivity contribution in [3.8, 4) is 11.8 Å². The topological polar surface area (TPSA) is 50.1 Å². The van der Waals surface area contributed by atoms with Gasteiger partial charge in [-0.3, -0.25) is 4.79 Å². The van der Waals surface area contributed by atoms with E-state index in [2.05, 4.69) is 0 Å². The van der Waals surface area contributed by atoms with E-state index in [9.17, 15) is 4.79 Å². The van der Waals surface area contributed by atoms with Crippen molar-refractivity contribution in [2.75, 3.05) is 7.11 Å². The third-order valence-electron chi connectivity index (χ3n) is 2.10. The van der Waals surface area contributed by atoms with Gasteiger partial charge in [-0.05, 0) is 30.2 Å². The molecule has 0 aromatic heterocycles. The van der Waals surface area contributed by atoms with Crippen LogP contribution in [0.3, 0.4) is 0 Å². The summed E-state index contributed by atoms with van der Waals surface area (Å²) < 4.78 is 5.03. The quantitative estimate of drug-likeness (QED) is 0.682. The minimum atomic E-state index is 0.254. The van der Waals surface area contributed by atoms with Crippen LogP contribution in [0.4, 0.5) is 0 Å². The van der Waals surface area contributed by atoms with E-state index in [1.165, 1.54) is 0 Å². The molecular weight excluding hydrogens is 178 g/mol. The van der Waals surface area contributed by atoms with Crippen molar-refractivity contribution < 1.29 is 9.53 Å². The number of aryl methyl sites for hydroxylation is 1. The first kappa shape index (κ1) is 10.3. The van der Waals surface area contributed by atoms with E-state index >= 15 is 0 Å². The summed E-state index contributed by atoms with van der Waals surface area (Å²) in [6.45, 7) is 1.86. The number of hydrogen-bond acceptors (Lipinski definition) is 3. The first-order chi connectivity index (χ1) is 6.72. The lowest BCUT2D eigenvalue weighted by Gasteiger charge is -2.08. The Hall–Kier alpha value is -1.82. The second kappa shape index (κ2) is 4.43. The second-order valence-corrected chi connectivity index (χ2v) is 2.96. The predicted molar refractivity (Wildman–Crippen MR) is 52.4 cm³/mol. The third-order valence-corrected chi connectivity index (χ3v) is 2.10. The van der Waals surface area contributed by atoms with E-state index < -0.39 is 0 Å². The number of rotatable bonds is 3. The molecule has 0 fully saturated rings. The normalized spacial score (nSPS) is 9.21. The van der Waals surface area contributed by atoms with Crippen molar-refractivity contribution in [3.05, 3.63) is 28.8 Å². The van der Waals surface area contributed by atoms with Gasteiger partial charge in [0.05, 0.1) is 19.6 Å². The average molecular weight is 189 g/mol. The van der Waals surface area contributed by atoms with E-state index in [1.807, 2.05) is 19.1 Å². The van der Waals surface area contributed by atoms with E-state index in [0.717, 1.165) is 17.4 Å². The Kier molecular flexibility index (Phi) is 3.24. The number of ether oxygens (including phenoxy) is 1. The zero-order valence-electron chi connectivity index (χ0n) is 8.20. The van der Waals surface area contributed by atoms with Gasteiger partial charge >= 0.3 is 0 Å². The summed E-state index contributed by atoms with van der Waals surface area (Å²) in [5.41, 5.74) is 2.22. The average Bonchev–Trinajstić information content (AvgIpc) is 2.20. The number of hydrogen-bond donors (Lipinski definition) is 0. The number of benzene rings is 1. The van der Waals surface area contributed by atoms with Gasteiger partial charge in [-0.1, -0.05) is 0 Å². The summed E-state index contributed by atoms with van der Waals surface area (Å²) in [6, 6.07) is 5.50. The van der Waals surface area contributed by atoms with Gasteiger partial charge in [0.25, 0.3) is 0 Å². The van der Waals surface area contributed by atoms with Crippen molar-refractivity contribution in [1.82, 2.24) is 0 Å². The monoisotopic (exact) mass is 189 g/mol. The van der Waals surface area contributed by atoms with Crippen molar-refractivity contribution in [1.29, 1.82) is 5.26 Å². The number of carbonyl (C=O) groups excluding carboxylic acids is 1. The molecule has 3 heteroatoms. The van der Waals surface area contributed by atoms with Gasteiger partial charge in [0.2, 0.25) is 0 Å². The van der Waals surface area contributed by atoms with Crippen LogP contribution >= 0.6 is 0 Å². The molecular formula is C11H11NO2. The molecule has 0 radical (unpaired) electrons. The van der Waals surface area contributed by atoms with E-state index in [-0.39, 0.29) is 6.42 Å². The van der Waals surface area contributed by atoms with Gasteiger partial charge in [0.1, 0.15) is 5.75 Å². The van der Waals surface area contributed by atoms with Crippen molar-refractivity contribution in [2.45, 2.75) is 13.3 Å². The Labute approximate surface area is 82.9 Å². The molecule has 0 amide bonds. The standard InChI is InChI=1S/C11H11NO2/c1-8-5-10(14-2)6-9(7-13)11(8)3-4-12/h5-7H,3H2,1-2H3. The molecule has 1 rings (SSSR count). The van der Waals surface area contributed by atoms with Crippen LogP contribution in [0.5, 0.6) is 5.75 Å². The molecule has 0 N–H and O–H groups in total. The molecule has 72 valence electrons. The van der Waals surface area contributed by atoms with Crippen LogP contribution in [0.15, 0.2) is 12.1 Å². The van der Waals surface area contributed by atoms with E-state index in [0.29, 0.717) is 11.3 Å². The van der Waals surface area contributed by atoms with Gasteiger partial charge < -0.3 is 4.74 Å². The van der Waals surface area contributed by atoms with Crippen LogP contribution in [0.25, 0.3) is 0 Å². The molecule has 0 aliphatic carbocycles. The zero-order chi connectivity index (χ0) is 10.6. The maximum atomic E-state index is 10.8. The number of nitriles is 1. The highest BCUT2D eigenvalue weighted by Crippen LogP contribution is 2.21. The van der Waals surface area contributed by atoms with E-state index in [4.69, 9.17) is 10.00 Å². The molecule has 0 unspecified atom stereocenters. The Morgan fingerprint density at radius 2 is 2.29 bits per heavy atom. The minimum absolute atomic E-state index is 0.254. The molecule has 14 heavy (non-hydrogen) atoms. The summed E-state index contributed by atoms with van der Waals surface area (Å²) in [4.78, 5) is 10.8. The highest BCUT2D eigenvalue weighted by atomic mass is 16.5. The van der Waals surface area contributed by atoms with Crippen LogP contribution in [-0.2, 0) is 6.42 Å². The molecule has 0 bridgehead atoms. The van der Waals surface area contributed by atoms with Crippen LogP contribution in [0.2, 0.25) is 0 Å². The number of nitrogens with zero attached hydrogens (tertiary/aromatic N) is 1. The summed E-state index contributed by atoms with van der Waals surface area (Å²) in [5.74, 6) is 0.645. The fourth-order valence-corrected chi connectivity index (χ4v) is 1.35. The van der Waals surface area contributed by atoms with Gasteiger partial charge in [0.15, 0.2) is 6.29 Å². The summed E-state index contributed by atoms with van der Waals surface area (Å²) in [5, 5.41) is 8.59. The molecule has 0 saturated carbocycles. The minimum Gasteiger partial charge on any atom is -0.497 e. The molecule has 0 atom stereocenters. The number of aldehydes is 1. The number of carbonyl (C=O) groups is 1. The summed E-state index contributed by atoms with van der Waals surface area (Å²) >= 11 is 0. The molecule has 0 aliphatic heterocycles. The second-order valence-electron chi connectivity index (χ2n) is 2.96. The fraction of sp³-hybridized carbons (Fsp3) is 0.273. The highest BCUT2D eigenvalue weighted by Gasteiger charge is 2.07. The van der Waals surface area contributed by atoms with Crippen molar-refractivity contribution >= 4 is 6.29 Å². The van der Waals surface area contributed by atoms with Crippen LogP contribution in [0.1, 0.15) is 21.5 Å². The van der Waals surface area contributed by atoms with Crippen LogP contribution in [-0.4, -0.2) is 13.4 Å². The molecule has 0 spiro atoms. The highest BCUT2D eigenvalue weighted by molar-refractivity contribution is 5.79. The van der Waals surface area contributed by atoms with Gasteiger partial charge in [0, 0.05) is 5.56 Å². The molecule has 0 saturated heterocycles. The lowest BCUT2D eigenvalue weighted by molar-refractivity contribution is 0.112. The fourth-order valence-electron chi connectivity index (χ4n) is 1.35. The molecule has 0 aliphatic rings. The van der Waals surface area contributed by atoms with Gasteiger partial charge in [-0.15, -0.1) is 0 Å². The van der Waals surface area contributed by atoms with Gasteiger partial charge in [-0.2, -0.15) is 5.26 Å². The van der Waals surface area contributed by atoms with Gasteiger partial charge in [-0.25, -0.2) is 0 Å². The maximum Gasteiger partial charge on any atom is 0.150 e. The number of methoxy groups -OCH3 is 1. The van der Waals surface area contributed by atoms with Crippen molar-refractivity contribution in [2.24, 2.45) is 0 Å². The lowest BCUT2D eigenvalue weighted by Crippen LogP contribution is -1.97. The molecule has 0 heterocycles. The Bertz CT molecular complexity index is 391. The first-order valence-corrected chi connectivity index (χ1v) is 4.22. The lowest BCUT2D eigenvalue weighted by atomic mass is 10.00. The molecule has 1 aromatic rings. The first-order valence-electron chi connectivity index (χ1n) is 4.22. The van der Waals surface area contributed by atoms with E-state index in [1.54, 1.807) is 13.2 Å². The van der Waals surface area contributed by atoms with Crippen molar-refractivity contribution in [3.63, 3.8) is 0 Å². The predicted octanol–water partition coefficient (Wildman–Crippen LogP) is 1.88. The zero-order valence-corrected chi connectivity index (χ0v) is 8.20. The third kappa shape index (κ3) is 1.91. The maximum absolute atomic E-state index is 10.8. The summed E-state index contributed by atoms with van der Waals surface area (Å²) in [7, 11) is 1.55. The van der Waals surface area contributed by atoms with Crippen LogP contribution in [0, 0.1) is 18.3 Å². The molecule has 3 nitrogen and oxygen atoms in total. The molecule has 1 aromatic carbocycles. The Balaban J connectivity index is 3.28. The SMILES string of the molecule is COc1cc(C)c(CC#N)c(C=O)c1. The largest absolute Gasteiger partial charge is 0.497 e. The Morgan fingerprint density at radius 3 is 2.79 bits per heavy atom. The summed E-state index contributed by atoms with van der Waals surface area (Å²) in [6.07, 6.45) is 1.01. The Morgan fingerprint density at radius 1 is 1.57 bits per heavy atom.